The summed E-state index contributed by atoms with van der Waals surface area (Å²) in [6.45, 7) is 12.9. The molecule has 1 aromatic carbocycles. The maximum Gasteiger partial charge on any atom is 0.149 e. The Morgan fingerprint density at radius 2 is 1.84 bits per heavy atom. The van der Waals surface area contributed by atoms with Gasteiger partial charge in [0.2, 0.25) is 0 Å². The number of rotatable bonds is 6. The van der Waals surface area contributed by atoms with Crippen molar-refractivity contribution in [2.24, 2.45) is 5.92 Å². The Bertz CT molecular complexity index is 443. The summed E-state index contributed by atoms with van der Waals surface area (Å²) in [5.41, 5.74) is 3.67. The van der Waals surface area contributed by atoms with Crippen molar-refractivity contribution >= 4 is 0 Å². The fourth-order valence-corrected chi connectivity index (χ4v) is 2.06. The summed E-state index contributed by atoms with van der Waals surface area (Å²) >= 11 is 0. The van der Waals surface area contributed by atoms with Crippen molar-refractivity contribution < 1.29 is 4.74 Å². The van der Waals surface area contributed by atoms with Crippen LogP contribution in [0.4, 0.5) is 0 Å². The molecule has 0 radical (unpaired) electrons. The summed E-state index contributed by atoms with van der Waals surface area (Å²) in [7, 11) is 0. The molecule has 0 bridgehead atoms. The predicted molar refractivity (Wildman–Crippen MR) is 81.4 cm³/mol. The highest BCUT2D eigenvalue weighted by atomic mass is 16.5. The van der Waals surface area contributed by atoms with E-state index < -0.39 is 0 Å². The van der Waals surface area contributed by atoms with Crippen molar-refractivity contribution in [3.63, 3.8) is 0 Å². The molecule has 0 aromatic heterocycles. The number of nitrogens with one attached hydrogen (secondary N) is 1. The van der Waals surface area contributed by atoms with Crippen LogP contribution in [0, 0.1) is 31.6 Å². The number of benzene rings is 1. The van der Waals surface area contributed by atoms with E-state index in [1.54, 1.807) is 0 Å². The number of hydrogen-bond acceptors (Lipinski definition) is 2. The molecule has 0 heterocycles. The molecule has 0 atom stereocenters. The zero-order valence-electron chi connectivity index (χ0n) is 12.8. The molecule has 0 spiro atoms. The lowest BCUT2D eigenvalue weighted by atomic mass is 10.1. The van der Waals surface area contributed by atoms with Gasteiger partial charge in [0.25, 0.3) is 0 Å². The smallest absolute Gasteiger partial charge is 0.149 e. The first-order valence-electron chi connectivity index (χ1n) is 6.87. The van der Waals surface area contributed by atoms with Gasteiger partial charge in [-0.3, -0.25) is 0 Å². The monoisotopic (exact) mass is 259 g/mol. The fourth-order valence-electron chi connectivity index (χ4n) is 2.06. The van der Waals surface area contributed by atoms with Gasteiger partial charge in [-0.15, -0.1) is 5.92 Å². The van der Waals surface area contributed by atoms with Crippen LogP contribution in [0.5, 0.6) is 5.75 Å². The molecule has 0 aliphatic carbocycles. The maximum absolute atomic E-state index is 5.71. The molecule has 0 saturated carbocycles. The molecule has 0 aliphatic heterocycles. The molecule has 0 unspecified atom stereocenters. The lowest BCUT2D eigenvalue weighted by Crippen LogP contribution is -2.19. The van der Waals surface area contributed by atoms with E-state index in [4.69, 9.17) is 4.74 Å². The minimum atomic E-state index is 0.461. The highest BCUT2D eigenvalue weighted by molar-refractivity contribution is 5.43. The molecule has 104 valence electrons. The molecular formula is C17H25NO. The van der Waals surface area contributed by atoms with Crippen LogP contribution in [0.15, 0.2) is 12.1 Å². The molecule has 0 aliphatic rings. The Hall–Kier alpha value is -1.46. The number of aryl methyl sites for hydroxylation is 2. The van der Waals surface area contributed by atoms with Gasteiger partial charge >= 0.3 is 0 Å². The zero-order valence-corrected chi connectivity index (χ0v) is 12.8. The van der Waals surface area contributed by atoms with Crippen LogP contribution < -0.4 is 10.1 Å². The minimum Gasteiger partial charge on any atom is -0.480 e. The van der Waals surface area contributed by atoms with Gasteiger partial charge in [-0.1, -0.05) is 31.9 Å². The minimum absolute atomic E-state index is 0.461. The Balaban J connectivity index is 2.69. The maximum atomic E-state index is 5.71. The first kappa shape index (κ1) is 15.6. The lowest BCUT2D eigenvalue weighted by molar-refractivity contribution is 0.364. The van der Waals surface area contributed by atoms with Gasteiger partial charge < -0.3 is 10.1 Å². The molecule has 19 heavy (non-hydrogen) atoms. The summed E-state index contributed by atoms with van der Waals surface area (Å²) in [4.78, 5) is 0. The quantitative estimate of drug-likeness (QED) is 0.790. The fraction of sp³-hybridized carbons (Fsp3) is 0.529. The van der Waals surface area contributed by atoms with Gasteiger partial charge in [-0.2, -0.15) is 0 Å². The second kappa shape index (κ2) is 7.86. The molecule has 1 aromatic rings. The average Bonchev–Trinajstić information content (AvgIpc) is 2.32. The van der Waals surface area contributed by atoms with Gasteiger partial charge in [-0.25, -0.2) is 0 Å². The van der Waals surface area contributed by atoms with Gasteiger partial charge in [0.1, 0.15) is 12.4 Å². The number of hydrogen-bond donors (Lipinski definition) is 1. The largest absolute Gasteiger partial charge is 0.480 e. The van der Waals surface area contributed by atoms with E-state index in [9.17, 15) is 0 Å². The third kappa shape index (κ3) is 5.36. The van der Waals surface area contributed by atoms with Crippen LogP contribution in [-0.4, -0.2) is 13.2 Å². The van der Waals surface area contributed by atoms with Crippen molar-refractivity contribution in [2.45, 2.75) is 41.2 Å². The van der Waals surface area contributed by atoms with Crippen LogP contribution in [-0.2, 0) is 6.54 Å². The van der Waals surface area contributed by atoms with Gasteiger partial charge in [-0.05, 0) is 49.9 Å². The highest BCUT2D eigenvalue weighted by Crippen LogP contribution is 2.24. The van der Waals surface area contributed by atoms with Crippen LogP contribution in [0.3, 0.4) is 0 Å². The standard InChI is InChI=1S/C17H25NO/c1-6-7-8-19-17-14(4)9-16(10-15(17)5)12-18-11-13(2)3/h9-10,13,18H,8,11-12H2,1-5H3. The number of ether oxygens (including phenoxy) is 1. The van der Waals surface area contributed by atoms with Crippen LogP contribution in [0.1, 0.15) is 37.5 Å². The third-order valence-corrected chi connectivity index (χ3v) is 2.87. The summed E-state index contributed by atoms with van der Waals surface area (Å²) in [6, 6.07) is 4.38. The van der Waals surface area contributed by atoms with Crippen molar-refractivity contribution in [1.82, 2.24) is 5.32 Å². The Labute approximate surface area is 117 Å². The second-order valence-electron chi connectivity index (χ2n) is 5.30. The van der Waals surface area contributed by atoms with E-state index in [-0.39, 0.29) is 0 Å². The molecule has 1 N–H and O–H groups in total. The van der Waals surface area contributed by atoms with E-state index >= 15 is 0 Å². The molecule has 2 heteroatoms. The van der Waals surface area contributed by atoms with Gasteiger partial charge in [0, 0.05) is 6.54 Å². The predicted octanol–water partition coefficient (Wildman–Crippen LogP) is 3.45. The third-order valence-electron chi connectivity index (χ3n) is 2.87. The van der Waals surface area contributed by atoms with E-state index in [2.05, 4.69) is 57.0 Å². The molecule has 0 saturated heterocycles. The van der Waals surface area contributed by atoms with Crippen LogP contribution in [0.2, 0.25) is 0 Å². The second-order valence-corrected chi connectivity index (χ2v) is 5.30. The van der Waals surface area contributed by atoms with Crippen molar-refractivity contribution in [2.75, 3.05) is 13.2 Å². The van der Waals surface area contributed by atoms with E-state index in [1.165, 1.54) is 16.7 Å². The summed E-state index contributed by atoms with van der Waals surface area (Å²) in [5.74, 6) is 7.42. The van der Waals surface area contributed by atoms with E-state index in [0.717, 1.165) is 18.8 Å². The van der Waals surface area contributed by atoms with Crippen molar-refractivity contribution in [3.8, 4) is 17.6 Å². The van der Waals surface area contributed by atoms with Gasteiger partial charge in [0.15, 0.2) is 0 Å². The van der Waals surface area contributed by atoms with E-state index in [0.29, 0.717) is 12.5 Å². The summed E-state index contributed by atoms with van der Waals surface area (Å²) in [6.07, 6.45) is 0. The zero-order chi connectivity index (χ0) is 14.3. The first-order valence-corrected chi connectivity index (χ1v) is 6.87. The van der Waals surface area contributed by atoms with E-state index in [1.807, 2.05) is 6.92 Å². The average molecular weight is 259 g/mol. The summed E-state index contributed by atoms with van der Waals surface area (Å²) < 4.78 is 5.71. The lowest BCUT2D eigenvalue weighted by Gasteiger charge is -2.13. The molecule has 2 nitrogen and oxygen atoms in total. The normalized spacial score (nSPS) is 10.2. The Morgan fingerprint density at radius 1 is 1.21 bits per heavy atom. The highest BCUT2D eigenvalue weighted by Gasteiger charge is 2.06. The topological polar surface area (TPSA) is 21.3 Å². The Kier molecular flexibility index (Phi) is 6.45. The van der Waals surface area contributed by atoms with Crippen molar-refractivity contribution in [1.29, 1.82) is 0 Å². The summed E-state index contributed by atoms with van der Waals surface area (Å²) in [5, 5.41) is 3.46. The van der Waals surface area contributed by atoms with Crippen LogP contribution >= 0.6 is 0 Å². The molecular weight excluding hydrogens is 234 g/mol. The first-order chi connectivity index (χ1) is 9.04. The SMILES string of the molecule is CC#CCOc1c(C)cc(CNCC(C)C)cc1C. The molecule has 0 fully saturated rings. The molecule has 0 amide bonds. The molecule has 1 rings (SSSR count). The van der Waals surface area contributed by atoms with Crippen LogP contribution in [0.25, 0.3) is 0 Å². The van der Waals surface area contributed by atoms with Crippen molar-refractivity contribution in [3.05, 3.63) is 28.8 Å². The van der Waals surface area contributed by atoms with Gasteiger partial charge in [0.05, 0.1) is 0 Å². The Morgan fingerprint density at radius 3 is 2.37 bits per heavy atom.